The van der Waals surface area contributed by atoms with Crippen molar-refractivity contribution in [2.75, 3.05) is 5.32 Å². The molecule has 2 aromatic rings. The van der Waals surface area contributed by atoms with E-state index in [1.165, 1.54) is 12.1 Å². The van der Waals surface area contributed by atoms with Crippen LogP contribution in [0.1, 0.15) is 27.2 Å². The summed E-state index contributed by atoms with van der Waals surface area (Å²) in [6.45, 7) is 3.68. The monoisotopic (exact) mass is 267 g/mol. The fraction of sp³-hybridized carbons (Fsp3) is 0.133. The van der Waals surface area contributed by atoms with Gasteiger partial charge in [-0.25, -0.2) is 9.78 Å². The first kappa shape index (κ1) is 13.6. The number of nitrogens with one attached hydrogen (secondary N) is 1. The van der Waals surface area contributed by atoms with Crippen LogP contribution in [0.25, 0.3) is 0 Å². The molecule has 0 unspecified atom stereocenters. The molecule has 1 aromatic heterocycles. The van der Waals surface area contributed by atoms with E-state index in [1.807, 2.05) is 19.9 Å². The number of carboxylic acids is 1. The molecule has 0 fully saturated rings. The average Bonchev–Trinajstić information content (AvgIpc) is 2.38. The predicted molar refractivity (Wildman–Crippen MR) is 75.1 cm³/mol. The molecule has 0 saturated heterocycles. The fourth-order valence-electron chi connectivity index (χ4n) is 1.94. The van der Waals surface area contributed by atoms with Gasteiger partial charge in [0.2, 0.25) is 0 Å². The molecule has 0 aliphatic carbocycles. The van der Waals surface area contributed by atoms with Crippen LogP contribution in [0.5, 0.6) is 0 Å². The summed E-state index contributed by atoms with van der Waals surface area (Å²) in [5, 5.41) is 21.2. The Balaban J connectivity index is 2.42. The lowest BCUT2D eigenvalue weighted by atomic mass is 10.1. The Bertz CT molecular complexity index is 718. The molecule has 0 bridgehead atoms. The van der Waals surface area contributed by atoms with Gasteiger partial charge in [0, 0.05) is 11.4 Å². The molecule has 2 N–H and O–H groups in total. The van der Waals surface area contributed by atoms with E-state index in [0.29, 0.717) is 17.1 Å². The van der Waals surface area contributed by atoms with Gasteiger partial charge < -0.3 is 10.4 Å². The van der Waals surface area contributed by atoms with Gasteiger partial charge in [0.05, 0.1) is 11.1 Å². The Kier molecular flexibility index (Phi) is 3.67. The number of anilines is 2. The Hall–Kier alpha value is -2.87. The molecule has 2 rings (SSSR count). The Morgan fingerprint density at radius 1 is 1.35 bits per heavy atom. The smallest absolute Gasteiger partial charge is 0.335 e. The maximum atomic E-state index is 10.9. The third-order valence-corrected chi connectivity index (χ3v) is 2.83. The second-order valence-corrected chi connectivity index (χ2v) is 4.43. The molecule has 0 amide bonds. The highest BCUT2D eigenvalue weighted by Crippen LogP contribution is 2.22. The normalized spacial score (nSPS) is 9.85. The summed E-state index contributed by atoms with van der Waals surface area (Å²) in [6, 6.07) is 10.3. The summed E-state index contributed by atoms with van der Waals surface area (Å²) in [5.41, 5.74) is 2.84. The Morgan fingerprint density at radius 2 is 2.10 bits per heavy atom. The zero-order valence-corrected chi connectivity index (χ0v) is 11.1. The molecule has 1 aromatic carbocycles. The third kappa shape index (κ3) is 2.75. The van der Waals surface area contributed by atoms with Gasteiger partial charge in [0.25, 0.3) is 0 Å². The van der Waals surface area contributed by atoms with Crippen molar-refractivity contribution in [3.63, 3.8) is 0 Å². The molecular formula is C15H13N3O2. The van der Waals surface area contributed by atoms with Crippen LogP contribution < -0.4 is 5.32 Å². The minimum atomic E-state index is -0.998. The molecule has 0 saturated carbocycles. The van der Waals surface area contributed by atoms with Gasteiger partial charge in [0.1, 0.15) is 11.9 Å². The van der Waals surface area contributed by atoms with E-state index in [0.717, 1.165) is 11.3 Å². The number of carboxylic acid groups (broad SMARTS) is 1. The number of hydrogen-bond acceptors (Lipinski definition) is 4. The number of pyridine rings is 1. The molecule has 5 nitrogen and oxygen atoms in total. The highest BCUT2D eigenvalue weighted by atomic mass is 16.4. The second kappa shape index (κ2) is 5.41. The number of rotatable bonds is 3. The summed E-state index contributed by atoms with van der Waals surface area (Å²) < 4.78 is 0. The fourth-order valence-corrected chi connectivity index (χ4v) is 1.94. The van der Waals surface area contributed by atoms with Crippen molar-refractivity contribution >= 4 is 17.5 Å². The Labute approximate surface area is 116 Å². The summed E-state index contributed by atoms with van der Waals surface area (Å²) in [4.78, 5) is 15.2. The average molecular weight is 267 g/mol. The SMILES string of the molecule is Cc1cc(C)c(C#N)c(Nc2cccc(C(=O)O)c2)n1. The number of nitriles is 1. The van der Waals surface area contributed by atoms with Crippen molar-refractivity contribution in [2.24, 2.45) is 0 Å². The quantitative estimate of drug-likeness (QED) is 0.892. The van der Waals surface area contributed by atoms with E-state index >= 15 is 0 Å². The number of carbonyl (C=O) groups is 1. The van der Waals surface area contributed by atoms with Crippen LogP contribution in [0, 0.1) is 25.2 Å². The number of hydrogen-bond donors (Lipinski definition) is 2. The molecule has 0 aliphatic heterocycles. The van der Waals surface area contributed by atoms with Crippen LogP contribution in [0.4, 0.5) is 11.5 Å². The number of aromatic nitrogens is 1. The third-order valence-electron chi connectivity index (χ3n) is 2.83. The first-order chi connectivity index (χ1) is 9.51. The molecule has 5 heteroatoms. The van der Waals surface area contributed by atoms with Gasteiger partial charge in [-0.1, -0.05) is 6.07 Å². The van der Waals surface area contributed by atoms with Gasteiger partial charge in [-0.15, -0.1) is 0 Å². The number of nitrogens with zero attached hydrogens (tertiary/aromatic N) is 2. The maximum absolute atomic E-state index is 10.9. The summed E-state index contributed by atoms with van der Waals surface area (Å²) >= 11 is 0. The van der Waals surface area contributed by atoms with Gasteiger partial charge in [-0.05, 0) is 43.7 Å². The van der Waals surface area contributed by atoms with Crippen molar-refractivity contribution in [1.82, 2.24) is 4.98 Å². The van der Waals surface area contributed by atoms with E-state index in [1.54, 1.807) is 12.1 Å². The lowest BCUT2D eigenvalue weighted by Crippen LogP contribution is -2.02. The van der Waals surface area contributed by atoms with Crippen LogP contribution in [0.15, 0.2) is 30.3 Å². The van der Waals surface area contributed by atoms with Crippen LogP contribution in [0.3, 0.4) is 0 Å². The molecule has 20 heavy (non-hydrogen) atoms. The molecule has 0 aliphatic rings. The van der Waals surface area contributed by atoms with Crippen LogP contribution in [-0.4, -0.2) is 16.1 Å². The van der Waals surface area contributed by atoms with E-state index in [4.69, 9.17) is 5.11 Å². The van der Waals surface area contributed by atoms with Crippen molar-refractivity contribution in [3.05, 3.63) is 52.7 Å². The Morgan fingerprint density at radius 3 is 2.75 bits per heavy atom. The van der Waals surface area contributed by atoms with Gasteiger partial charge >= 0.3 is 5.97 Å². The van der Waals surface area contributed by atoms with E-state index in [2.05, 4.69) is 16.4 Å². The summed E-state index contributed by atoms with van der Waals surface area (Å²) in [6.07, 6.45) is 0. The van der Waals surface area contributed by atoms with E-state index < -0.39 is 5.97 Å². The number of aryl methyl sites for hydroxylation is 2. The maximum Gasteiger partial charge on any atom is 0.335 e. The second-order valence-electron chi connectivity index (χ2n) is 4.43. The number of aromatic carboxylic acids is 1. The largest absolute Gasteiger partial charge is 0.478 e. The van der Waals surface area contributed by atoms with Crippen LogP contribution in [0.2, 0.25) is 0 Å². The summed E-state index contributed by atoms with van der Waals surface area (Å²) in [5.74, 6) is -0.560. The molecule has 0 spiro atoms. The first-order valence-corrected chi connectivity index (χ1v) is 6.00. The molecule has 0 atom stereocenters. The number of benzene rings is 1. The lowest BCUT2D eigenvalue weighted by Gasteiger charge is -2.10. The molecule has 100 valence electrons. The zero-order chi connectivity index (χ0) is 14.7. The first-order valence-electron chi connectivity index (χ1n) is 6.00. The minimum absolute atomic E-state index is 0.179. The van der Waals surface area contributed by atoms with Crippen molar-refractivity contribution < 1.29 is 9.90 Å². The van der Waals surface area contributed by atoms with E-state index in [9.17, 15) is 10.1 Å². The topological polar surface area (TPSA) is 86.0 Å². The van der Waals surface area contributed by atoms with Gasteiger partial charge in [-0.2, -0.15) is 5.26 Å². The lowest BCUT2D eigenvalue weighted by molar-refractivity contribution is 0.0697. The zero-order valence-electron chi connectivity index (χ0n) is 11.1. The highest BCUT2D eigenvalue weighted by molar-refractivity contribution is 5.89. The standard InChI is InChI=1S/C15H13N3O2/c1-9-6-10(2)17-14(13(9)8-16)18-12-5-3-4-11(7-12)15(19)20/h3-7H,1-2H3,(H,17,18)(H,19,20). The summed E-state index contributed by atoms with van der Waals surface area (Å²) in [7, 11) is 0. The van der Waals surface area contributed by atoms with Crippen molar-refractivity contribution in [2.45, 2.75) is 13.8 Å². The molecular weight excluding hydrogens is 254 g/mol. The molecule has 0 radical (unpaired) electrons. The van der Waals surface area contributed by atoms with Crippen LogP contribution >= 0.6 is 0 Å². The predicted octanol–water partition coefficient (Wildman–Crippen LogP) is 3.01. The molecule has 1 heterocycles. The van der Waals surface area contributed by atoms with Gasteiger partial charge in [0.15, 0.2) is 0 Å². The van der Waals surface area contributed by atoms with Gasteiger partial charge in [-0.3, -0.25) is 0 Å². The van der Waals surface area contributed by atoms with Crippen LogP contribution in [-0.2, 0) is 0 Å². The van der Waals surface area contributed by atoms with Crippen molar-refractivity contribution in [3.8, 4) is 6.07 Å². The minimum Gasteiger partial charge on any atom is -0.478 e. The van der Waals surface area contributed by atoms with Crippen molar-refractivity contribution in [1.29, 1.82) is 5.26 Å². The highest BCUT2D eigenvalue weighted by Gasteiger charge is 2.10. The van der Waals surface area contributed by atoms with E-state index in [-0.39, 0.29) is 5.56 Å².